The van der Waals surface area contributed by atoms with Crippen molar-refractivity contribution < 1.29 is 9.59 Å². The molecule has 0 radical (unpaired) electrons. The summed E-state index contributed by atoms with van der Waals surface area (Å²) in [4.78, 5) is 22.5. The van der Waals surface area contributed by atoms with Crippen LogP contribution in [0.1, 0.15) is 26.7 Å². The smallest absolute Gasteiger partial charge is 0.246 e. The lowest BCUT2D eigenvalue weighted by molar-refractivity contribution is -0.155. The molecule has 2 N–H and O–H groups in total. The number of carbonyl (C=O) groups is 2. The van der Waals surface area contributed by atoms with Crippen LogP contribution in [-0.2, 0) is 9.59 Å². The van der Waals surface area contributed by atoms with E-state index in [9.17, 15) is 9.59 Å². The largest absolute Gasteiger partial charge is 0.273 e. The average molecular weight is 170 g/mol. The number of hydrogen-bond acceptors (Lipinski definition) is 3. The number of piperidine rings is 1. The van der Waals surface area contributed by atoms with Gasteiger partial charge in [0.05, 0.1) is 0 Å². The first-order valence-corrected chi connectivity index (χ1v) is 4.20. The fraction of sp³-hybridized carbons (Fsp3) is 0.750. The van der Waals surface area contributed by atoms with E-state index < -0.39 is 0 Å². The van der Waals surface area contributed by atoms with Crippen molar-refractivity contribution in [1.82, 2.24) is 5.01 Å². The summed E-state index contributed by atoms with van der Waals surface area (Å²) in [6.07, 6.45) is 1.39. The van der Waals surface area contributed by atoms with Crippen molar-refractivity contribution in [1.29, 1.82) is 0 Å². The van der Waals surface area contributed by atoms with E-state index in [1.54, 1.807) is 6.92 Å². The first-order valence-electron chi connectivity index (χ1n) is 4.20. The molecule has 2 amide bonds. The van der Waals surface area contributed by atoms with Gasteiger partial charge in [-0.2, -0.15) is 0 Å². The zero-order chi connectivity index (χ0) is 9.30. The molecule has 2 unspecified atom stereocenters. The Balaban J connectivity index is 2.77. The van der Waals surface area contributed by atoms with Gasteiger partial charge in [0.15, 0.2) is 0 Å². The van der Waals surface area contributed by atoms with Gasteiger partial charge < -0.3 is 0 Å². The van der Waals surface area contributed by atoms with Crippen molar-refractivity contribution in [2.45, 2.75) is 26.7 Å². The monoisotopic (exact) mass is 170 g/mol. The van der Waals surface area contributed by atoms with Crippen molar-refractivity contribution in [3.05, 3.63) is 0 Å². The molecule has 2 atom stereocenters. The molecule has 0 aromatic carbocycles. The molecular formula is C8H14N2O2. The minimum absolute atomic E-state index is 0.0669. The fourth-order valence-electron chi connectivity index (χ4n) is 1.51. The van der Waals surface area contributed by atoms with Gasteiger partial charge in [0.25, 0.3) is 0 Å². The van der Waals surface area contributed by atoms with E-state index in [4.69, 9.17) is 5.84 Å². The Morgan fingerprint density at radius 3 is 2.58 bits per heavy atom. The van der Waals surface area contributed by atoms with Crippen LogP contribution >= 0.6 is 0 Å². The average Bonchev–Trinajstić information content (AvgIpc) is 2.08. The Bertz CT molecular complexity index is 215. The van der Waals surface area contributed by atoms with E-state index in [1.807, 2.05) is 6.92 Å². The lowest BCUT2D eigenvalue weighted by Gasteiger charge is -2.30. The molecule has 68 valence electrons. The van der Waals surface area contributed by atoms with Gasteiger partial charge in [-0.15, -0.1) is 0 Å². The van der Waals surface area contributed by atoms with Crippen LogP contribution in [0.25, 0.3) is 0 Å². The highest BCUT2D eigenvalue weighted by atomic mass is 16.2. The zero-order valence-electron chi connectivity index (χ0n) is 7.41. The van der Waals surface area contributed by atoms with Crippen LogP contribution in [0.3, 0.4) is 0 Å². The summed E-state index contributed by atoms with van der Waals surface area (Å²) >= 11 is 0. The Morgan fingerprint density at radius 1 is 1.50 bits per heavy atom. The maximum absolute atomic E-state index is 11.3. The highest BCUT2D eigenvalue weighted by Crippen LogP contribution is 2.23. The third-order valence-electron chi connectivity index (χ3n) is 2.38. The molecule has 12 heavy (non-hydrogen) atoms. The molecule has 0 bridgehead atoms. The quantitative estimate of drug-likeness (QED) is 0.349. The van der Waals surface area contributed by atoms with E-state index in [0.29, 0.717) is 6.42 Å². The molecule has 1 aliphatic rings. The molecule has 1 aliphatic heterocycles. The molecule has 0 aromatic heterocycles. The summed E-state index contributed by atoms with van der Waals surface area (Å²) in [6.45, 7) is 3.73. The van der Waals surface area contributed by atoms with Crippen LogP contribution < -0.4 is 5.84 Å². The second-order valence-corrected chi connectivity index (χ2v) is 3.29. The summed E-state index contributed by atoms with van der Waals surface area (Å²) < 4.78 is 0. The summed E-state index contributed by atoms with van der Waals surface area (Å²) in [5.74, 6) is 4.64. The number of imide groups is 1. The van der Waals surface area contributed by atoms with E-state index in [2.05, 4.69) is 0 Å². The van der Waals surface area contributed by atoms with Crippen molar-refractivity contribution >= 4 is 11.8 Å². The molecule has 1 heterocycles. The van der Waals surface area contributed by atoms with E-state index >= 15 is 0 Å². The maximum atomic E-state index is 11.3. The number of nitrogens with two attached hydrogens (primary N) is 1. The Morgan fingerprint density at radius 2 is 2.08 bits per heavy atom. The molecule has 1 rings (SSSR count). The van der Waals surface area contributed by atoms with Crippen LogP contribution in [0.5, 0.6) is 0 Å². The molecule has 0 aromatic rings. The number of hydrazine groups is 1. The van der Waals surface area contributed by atoms with Gasteiger partial charge in [0.2, 0.25) is 11.8 Å². The van der Waals surface area contributed by atoms with Gasteiger partial charge in [0.1, 0.15) is 0 Å². The fourth-order valence-corrected chi connectivity index (χ4v) is 1.51. The highest BCUT2D eigenvalue weighted by Gasteiger charge is 2.36. The third kappa shape index (κ3) is 1.34. The lowest BCUT2D eigenvalue weighted by atomic mass is 9.88. The van der Waals surface area contributed by atoms with E-state index in [1.165, 1.54) is 0 Å². The number of amides is 2. The van der Waals surface area contributed by atoms with Crippen LogP contribution in [0, 0.1) is 11.8 Å². The SMILES string of the molecule is CCC1CC(C)C(=O)N(N)C1=O. The molecule has 4 nitrogen and oxygen atoms in total. The molecule has 1 fully saturated rings. The lowest BCUT2D eigenvalue weighted by Crippen LogP contribution is -2.52. The Kier molecular flexibility index (Phi) is 2.47. The predicted octanol–water partition coefficient (Wildman–Crippen LogP) is 0.281. The molecule has 0 aliphatic carbocycles. The first-order chi connectivity index (χ1) is 5.57. The highest BCUT2D eigenvalue weighted by molar-refractivity contribution is 5.98. The van der Waals surface area contributed by atoms with E-state index in [0.717, 1.165) is 11.4 Å². The minimum Gasteiger partial charge on any atom is -0.273 e. The topological polar surface area (TPSA) is 63.4 Å². The maximum Gasteiger partial charge on any atom is 0.246 e. The first kappa shape index (κ1) is 9.19. The van der Waals surface area contributed by atoms with Crippen LogP contribution in [0.2, 0.25) is 0 Å². The van der Waals surface area contributed by atoms with Crippen LogP contribution in [-0.4, -0.2) is 16.8 Å². The number of rotatable bonds is 1. The Labute approximate surface area is 71.7 Å². The van der Waals surface area contributed by atoms with Crippen molar-refractivity contribution in [2.75, 3.05) is 0 Å². The van der Waals surface area contributed by atoms with Gasteiger partial charge in [-0.3, -0.25) is 9.59 Å². The van der Waals surface area contributed by atoms with E-state index in [-0.39, 0.29) is 23.7 Å². The van der Waals surface area contributed by atoms with Crippen molar-refractivity contribution in [2.24, 2.45) is 17.7 Å². The second kappa shape index (κ2) is 3.23. The molecule has 4 heteroatoms. The third-order valence-corrected chi connectivity index (χ3v) is 2.38. The van der Waals surface area contributed by atoms with Gasteiger partial charge in [-0.1, -0.05) is 13.8 Å². The van der Waals surface area contributed by atoms with Gasteiger partial charge >= 0.3 is 0 Å². The normalized spacial score (nSPS) is 31.1. The molecular weight excluding hydrogens is 156 g/mol. The predicted molar refractivity (Wildman–Crippen MR) is 43.6 cm³/mol. The van der Waals surface area contributed by atoms with Crippen molar-refractivity contribution in [3.8, 4) is 0 Å². The standard InChI is InChI=1S/C8H14N2O2/c1-3-6-4-5(2)7(11)10(9)8(6)12/h5-6H,3-4,9H2,1-2H3. The summed E-state index contributed by atoms with van der Waals surface area (Å²) in [5, 5.41) is 0.766. The van der Waals surface area contributed by atoms with Gasteiger partial charge in [-0.25, -0.2) is 10.9 Å². The summed E-state index contributed by atoms with van der Waals surface area (Å²) in [6, 6.07) is 0. The minimum atomic E-state index is -0.260. The number of hydrogen-bond donors (Lipinski definition) is 1. The summed E-state index contributed by atoms with van der Waals surface area (Å²) in [5.41, 5.74) is 0. The Hall–Kier alpha value is -0.900. The second-order valence-electron chi connectivity index (χ2n) is 3.29. The van der Waals surface area contributed by atoms with Gasteiger partial charge in [-0.05, 0) is 12.8 Å². The number of nitrogens with zero attached hydrogens (tertiary/aromatic N) is 1. The molecule has 0 saturated carbocycles. The molecule has 1 saturated heterocycles. The zero-order valence-corrected chi connectivity index (χ0v) is 7.41. The number of carbonyl (C=O) groups excluding carboxylic acids is 2. The summed E-state index contributed by atoms with van der Waals surface area (Å²) in [7, 11) is 0. The van der Waals surface area contributed by atoms with Gasteiger partial charge in [0, 0.05) is 11.8 Å². The van der Waals surface area contributed by atoms with Crippen molar-refractivity contribution in [3.63, 3.8) is 0 Å². The van der Waals surface area contributed by atoms with Crippen LogP contribution in [0.15, 0.2) is 0 Å². The van der Waals surface area contributed by atoms with Crippen LogP contribution in [0.4, 0.5) is 0 Å². The molecule has 0 spiro atoms.